The van der Waals surface area contributed by atoms with E-state index in [1.54, 1.807) is 23.0 Å². The summed E-state index contributed by atoms with van der Waals surface area (Å²) >= 11 is 6.35. The molecule has 2 aromatic carbocycles. The van der Waals surface area contributed by atoms with Crippen molar-refractivity contribution < 1.29 is 0 Å². The van der Waals surface area contributed by atoms with Gasteiger partial charge in [-0.05, 0) is 12.1 Å². The summed E-state index contributed by atoms with van der Waals surface area (Å²) in [5, 5.41) is 4.91. The topological polar surface area (TPSA) is 58.9 Å². The van der Waals surface area contributed by atoms with E-state index < -0.39 is 0 Å². The van der Waals surface area contributed by atoms with Crippen molar-refractivity contribution in [2.75, 3.05) is 0 Å². The van der Waals surface area contributed by atoms with Gasteiger partial charge < -0.3 is 4.98 Å². The first kappa shape index (κ1) is 15.8. The lowest BCUT2D eigenvalue weighted by Gasteiger charge is -2.06. The molecule has 0 aliphatic rings. The molecule has 6 heteroatoms. The molecule has 1 N–H and O–H groups in total. The number of imidazole rings is 2. The average Bonchev–Trinajstić information content (AvgIpc) is 3.37. The van der Waals surface area contributed by atoms with E-state index in [9.17, 15) is 0 Å². The van der Waals surface area contributed by atoms with Gasteiger partial charge in [0.25, 0.3) is 0 Å². The minimum atomic E-state index is 0.372. The summed E-state index contributed by atoms with van der Waals surface area (Å²) in [6.45, 7) is 0. The number of aromatic nitrogens is 5. The molecule has 0 bridgehead atoms. The van der Waals surface area contributed by atoms with Crippen molar-refractivity contribution >= 4 is 17.2 Å². The molecule has 0 saturated heterocycles. The minimum Gasteiger partial charge on any atom is -0.345 e. The zero-order valence-corrected chi connectivity index (χ0v) is 14.9. The first-order valence-corrected chi connectivity index (χ1v) is 8.80. The maximum atomic E-state index is 6.35. The van der Waals surface area contributed by atoms with Crippen LogP contribution in [0.5, 0.6) is 0 Å². The number of hydrogen-bond donors (Lipinski definition) is 1. The number of aromatic amines is 1. The summed E-state index contributed by atoms with van der Waals surface area (Å²) in [7, 11) is 0. The van der Waals surface area contributed by atoms with E-state index >= 15 is 0 Å². The number of nitrogens with one attached hydrogen (secondary N) is 1. The molecule has 5 rings (SSSR count). The fraction of sp³-hybridized carbons (Fsp3) is 0. The monoisotopic (exact) mass is 370 g/mol. The van der Waals surface area contributed by atoms with Crippen molar-refractivity contribution in [3.63, 3.8) is 0 Å². The Morgan fingerprint density at radius 3 is 2.56 bits per heavy atom. The van der Waals surface area contributed by atoms with Crippen molar-refractivity contribution in [1.82, 2.24) is 24.6 Å². The van der Waals surface area contributed by atoms with Crippen LogP contribution in [0.4, 0.5) is 0 Å². The highest BCUT2D eigenvalue weighted by atomic mass is 35.5. The van der Waals surface area contributed by atoms with E-state index in [-0.39, 0.29) is 0 Å². The summed E-state index contributed by atoms with van der Waals surface area (Å²) in [6, 6.07) is 22.6. The number of hydrogen-bond acceptors (Lipinski definition) is 3. The largest absolute Gasteiger partial charge is 0.345 e. The first-order valence-electron chi connectivity index (χ1n) is 8.42. The Labute approximate surface area is 160 Å². The number of nitrogens with zero attached hydrogens (tertiary/aromatic N) is 4. The molecule has 3 aromatic heterocycles. The number of rotatable bonds is 3. The zero-order valence-electron chi connectivity index (χ0n) is 14.1. The molecule has 0 aliphatic carbocycles. The van der Waals surface area contributed by atoms with Crippen LogP contribution in [-0.4, -0.2) is 24.6 Å². The van der Waals surface area contributed by atoms with Crippen molar-refractivity contribution in [3.8, 4) is 33.9 Å². The minimum absolute atomic E-state index is 0.372. The van der Waals surface area contributed by atoms with Crippen LogP contribution in [0.2, 0.25) is 5.15 Å². The molecule has 0 spiro atoms. The molecule has 0 fully saturated rings. The van der Waals surface area contributed by atoms with E-state index in [0.717, 1.165) is 28.1 Å². The zero-order chi connectivity index (χ0) is 18.2. The second-order valence-electron chi connectivity index (χ2n) is 6.02. The highest BCUT2D eigenvalue weighted by Gasteiger charge is 2.21. The fourth-order valence-electron chi connectivity index (χ4n) is 3.18. The predicted octanol–water partition coefficient (Wildman–Crippen LogP) is 4.91. The number of benzene rings is 2. The molecule has 0 amide bonds. The predicted molar refractivity (Wildman–Crippen MR) is 105 cm³/mol. The maximum absolute atomic E-state index is 6.35. The van der Waals surface area contributed by atoms with Crippen molar-refractivity contribution in [1.29, 1.82) is 0 Å². The number of halogens is 1. The van der Waals surface area contributed by atoms with Gasteiger partial charge in [-0.25, -0.2) is 14.5 Å². The van der Waals surface area contributed by atoms with Crippen LogP contribution >= 0.6 is 11.6 Å². The van der Waals surface area contributed by atoms with Crippen LogP contribution < -0.4 is 0 Å². The van der Waals surface area contributed by atoms with E-state index in [1.165, 1.54) is 0 Å². The molecule has 0 saturated carbocycles. The number of H-pyrrole nitrogens is 1. The van der Waals surface area contributed by atoms with E-state index in [4.69, 9.17) is 16.6 Å². The highest BCUT2D eigenvalue weighted by molar-refractivity contribution is 6.29. The third kappa shape index (κ3) is 2.69. The van der Waals surface area contributed by atoms with Crippen LogP contribution in [-0.2, 0) is 0 Å². The normalized spacial score (nSPS) is 11.1. The Kier molecular flexibility index (Phi) is 3.73. The molecule has 129 valence electrons. The van der Waals surface area contributed by atoms with Crippen molar-refractivity contribution in [2.24, 2.45) is 0 Å². The van der Waals surface area contributed by atoms with Gasteiger partial charge in [0.1, 0.15) is 11.5 Å². The van der Waals surface area contributed by atoms with Crippen molar-refractivity contribution in [3.05, 3.63) is 84.3 Å². The molecule has 3 heterocycles. The van der Waals surface area contributed by atoms with Gasteiger partial charge in [0.2, 0.25) is 0 Å². The molecule has 1 radical (unpaired) electrons. The van der Waals surface area contributed by atoms with E-state index in [2.05, 4.69) is 21.1 Å². The molecular weight excluding hydrogens is 358 g/mol. The standard InChI is InChI=1S/C21H13ClN5/c22-17-13-16(20-23-11-12-24-20)21-25-18(14-7-3-1-4-8-14)19(27(21)26-17)15-9-5-2-6-10-15/h2-13H,(H,23,24). The summed E-state index contributed by atoms with van der Waals surface area (Å²) in [6.07, 6.45) is 3.48. The van der Waals surface area contributed by atoms with Gasteiger partial charge in [0.15, 0.2) is 10.8 Å². The smallest absolute Gasteiger partial charge is 0.166 e. The third-order valence-corrected chi connectivity index (χ3v) is 4.53. The first-order chi connectivity index (χ1) is 13.3. The van der Waals surface area contributed by atoms with Gasteiger partial charge >= 0.3 is 0 Å². The second kappa shape index (κ2) is 6.37. The van der Waals surface area contributed by atoms with E-state index in [0.29, 0.717) is 16.6 Å². The molecule has 5 aromatic rings. The second-order valence-corrected chi connectivity index (χ2v) is 6.40. The van der Waals surface area contributed by atoms with Crippen LogP contribution in [0.1, 0.15) is 0 Å². The maximum Gasteiger partial charge on any atom is 0.166 e. The molecule has 0 unspecified atom stereocenters. The summed E-state index contributed by atoms with van der Waals surface area (Å²) < 4.78 is 1.79. The molecule has 27 heavy (non-hydrogen) atoms. The lowest BCUT2D eigenvalue weighted by molar-refractivity contribution is 0.943. The Bertz CT molecular complexity index is 1210. The van der Waals surface area contributed by atoms with Crippen LogP contribution in [0.3, 0.4) is 0 Å². The van der Waals surface area contributed by atoms with Gasteiger partial charge in [-0.2, -0.15) is 5.10 Å². The molecule has 0 aliphatic heterocycles. The fourth-order valence-corrected chi connectivity index (χ4v) is 3.36. The Morgan fingerprint density at radius 2 is 1.81 bits per heavy atom. The highest BCUT2D eigenvalue weighted by Crippen LogP contribution is 2.35. The van der Waals surface area contributed by atoms with E-state index in [1.807, 2.05) is 54.6 Å². The summed E-state index contributed by atoms with van der Waals surface area (Å²) in [5.74, 6) is 0.696. The lowest BCUT2D eigenvalue weighted by atomic mass is 10.1. The quantitative estimate of drug-likeness (QED) is 0.491. The van der Waals surface area contributed by atoms with Crippen LogP contribution in [0.15, 0.2) is 73.1 Å². The third-order valence-electron chi connectivity index (χ3n) is 4.35. The molecular formula is C21H13ClN5. The van der Waals surface area contributed by atoms with Crippen LogP contribution in [0.25, 0.3) is 39.5 Å². The lowest BCUT2D eigenvalue weighted by Crippen LogP contribution is -1.98. The SMILES string of the molecule is Clc1cc(-c2ncc[nH]2)c2nc(-c3cc[c]cc3)c(-c3ccccc3)n2n1. The summed E-state index contributed by atoms with van der Waals surface area (Å²) in [5.41, 5.74) is 5.19. The summed E-state index contributed by atoms with van der Waals surface area (Å²) in [4.78, 5) is 12.4. The Balaban J connectivity index is 1.90. The van der Waals surface area contributed by atoms with Gasteiger partial charge in [-0.1, -0.05) is 66.2 Å². The Hall–Kier alpha value is -3.44. The van der Waals surface area contributed by atoms with Crippen molar-refractivity contribution in [2.45, 2.75) is 0 Å². The van der Waals surface area contributed by atoms with Gasteiger partial charge in [-0.3, -0.25) is 0 Å². The Morgan fingerprint density at radius 1 is 1.00 bits per heavy atom. The molecule has 5 nitrogen and oxygen atoms in total. The van der Waals surface area contributed by atoms with Gasteiger partial charge in [-0.15, -0.1) is 0 Å². The van der Waals surface area contributed by atoms with Gasteiger partial charge in [0.05, 0.1) is 11.3 Å². The molecule has 0 atom stereocenters. The average molecular weight is 371 g/mol. The van der Waals surface area contributed by atoms with Gasteiger partial charge in [0, 0.05) is 23.5 Å². The number of fused-ring (bicyclic) bond motifs is 1. The van der Waals surface area contributed by atoms with Crippen LogP contribution in [0, 0.1) is 6.07 Å².